The molecule has 1 aromatic heterocycles. The normalized spacial score (nSPS) is 15.9. The van der Waals surface area contributed by atoms with Crippen molar-refractivity contribution in [3.63, 3.8) is 0 Å². The molecule has 0 radical (unpaired) electrons. The summed E-state index contributed by atoms with van der Waals surface area (Å²) in [4.78, 5) is 0. The predicted octanol–water partition coefficient (Wildman–Crippen LogP) is 1.57. The minimum absolute atomic E-state index is 0.678. The van der Waals surface area contributed by atoms with Crippen LogP contribution in [0.2, 0.25) is 0 Å². The first-order chi connectivity index (χ1) is 5.67. The quantitative estimate of drug-likeness (QED) is 0.746. The molecule has 0 saturated carbocycles. The molecule has 0 bridgehead atoms. The van der Waals surface area contributed by atoms with Gasteiger partial charge in [0.1, 0.15) is 0 Å². The summed E-state index contributed by atoms with van der Waals surface area (Å²) in [6.07, 6.45) is 0.750. The standard InChI is InChI=1S/C9H15NOS/c1-9(11,4-5-10-2)8-3-6-12-7-8/h3,6-7,10-11H,4-5H2,1-2H3. The van der Waals surface area contributed by atoms with Gasteiger partial charge in [-0.15, -0.1) is 0 Å². The second kappa shape index (κ2) is 4.03. The van der Waals surface area contributed by atoms with Crippen molar-refractivity contribution < 1.29 is 5.11 Å². The number of thiophene rings is 1. The van der Waals surface area contributed by atoms with Crippen LogP contribution in [0.3, 0.4) is 0 Å². The van der Waals surface area contributed by atoms with Gasteiger partial charge in [-0.2, -0.15) is 11.3 Å². The van der Waals surface area contributed by atoms with Gasteiger partial charge < -0.3 is 10.4 Å². The fourth-order valence-electron chi connectivity index (χ4n) is 1.08. The lowest BCUT2D eigenvalue weighted by molar-refractivity contribution is 0.0490. The minimum atomic E-state index is -0.678. The molecule has 2 N–H and O–H groups in total. The van der Waals surface area contributed by atoms with Crippen LogP contribution in [0.25, 0.3) is 0 Å². The molecule has 0 amide bonds. The number of aliphatic hydroxyl groups is 1. The largest absolute Gasteiger partial charge is 0.385 e. The Balaban J connectivity index is 2.59. The second-order valence-corrected chi connectivity index (χ2v) is 3.92. The molecule has 0 saturated heterocycles. The summed E-state index contributed by atoms with van der Waals surface area (Å²) in [6.45, 7) is 2.69. The number of hydrogen-bond acceptors (Lipinski definition) is 3. The average Bonchev–Trinajstić information content (AvgIpc) is 2.53. The Morgan fingerprint density at radius 3 is 2.92 bits per heavy atom. The Morgan fingerprint density at radius 2 is 2.42 bits per heavy atom. The maximum Gasteiger partial charge on any atom is 0.0888 e. The molecule has 0 aliphatic carbocycles. The van der Waals surface area contributed by atoms with E-state index in [1.165, 1.54) is 0 Å². The van der Waals surface area contributed by atoms with E-state index in [9.17, 15) is 5.11 Å². The molecule has 2 nitrogen and oxygen atoms in total. The zero-order valence-corrected chi connectivity index (χ0v) is 8.32. The average molecular weight is 185 g/mol. The van der Waals surface area contributed by atoms with Gasteiger partial charge in [-0.3, -0.25) is 0 Å². The SMILES string of the molecule is CNCCC(C)(O)c1ccsc1. The Kier molecular flexibility index (Phi) is 3.26. The smallest absolute Gasteiger partial charge is 0.0888 e. The third-order valence-electron chi connectivity index (χ3n) is 2.00. The summed E-state index contributed by atoms with van der Waals surface area (Å²) in [5.41, 5.74) is 0.339. The lowest BCUT2D eigenvalue weighted by Crippen LogP contribution is -2.25. The van der Waals surface area contributed by atoms with Crippen LogP contribution in [-0.4, -0.2) is 18.7 Å². The highest BCUT2D eigenvalue weighted by atomic mass is 32.1. The van der Waals surface area contributed by atoms with Crippen LogP contribution in [0, 0.1) is 0 Å². The van der Waals surface area contributed by atoms with Crippen LogP contribution in [0.1, 0.15) is 18.9 Å². The van der Waals surface area contributed by atoms with E-state index in [1.807, 2.05) is 30.8 Å². The Morgan fingerprint density at radius 1 is 1.67 bits per heavy atom. The zero-order valence-electron chi connectivity index (χ0n) is 7.50. The van der Waals surface area contributed by atoms with Gasteiger partial charge in [0.15, 0.2) is 0 Å². The Hall–Kier alpha value is -0.380. The maximum absolute atomic E-state index is 9.97. The fraction of sp³-hybridized carbons (Fsp3) is 0.556. The van der Waals surface area contributed by atoms with E-state index >= 15 is 0 Å². The summed E-state index contributed by atoms with van der Waals surface area (Å²) in [6, 6.07) is 1.97. The second-order valence-electron chi connectivity index (χ2n) is 3.14. The van der Waals surface area contributed by atoms with Gasteiger partial charge in [0.25, 0.3) is 0 Å². The van der Waals surface area contributed by atoms with E-state index in [-0.39, 0.29) is 0 Å². The summed E-state index contributed by atoms with van der Waals surface area (Å²) < 4.78 is 0. The molecule has 0 aliphatic heterocycles. The predicted molar refractivity (Wildman–Crippen MR) is 52.4 cm³/mol. The van der Waals surface area contributed by atoms with Crippen molar-refractivity contribution in [2.45, 2.75) is 18.9 Å². The third kappa shape index (κ3) is 2.30. The summed E-state index contributed by atoms with van der Waals surface area (Å²) in [5.74, 6) is 0. The van der Waals surface area contributed by atoms with Gasteiger partial charge >= 0.3 is 0 Å². The number of rotatable bonds is 4. The van der Waals surface area contributed by atoms with E-state index in [2.05, 4.69) is 5.32 Å². The van der Waals surface area contributed by atoms with E-state index in [1.54, 1.807) is 11.3 Å². The molecule has 0 aliphatic rings. The van der Waals surface area contributed by atoms with Crippen LogP contribution in [0.5, 0.6) is 0 Å². The lowest BCUT2D eigenvalue weighted by atomic mass is 9.95. The Labute approximate surface area is 77.2 Å². The molecule has 0 fully saturated rings. The lowest BCUT2D eigenvalue weighted by Gasteiger charge is -2.21. The first-order valence-corrected chi connectivity index (χ1v) is 5.01. The highest BCUT2D eigenvalue weighted by Gasteiger charge is 2.22. The molecule has 68 valence electrons. The summed E-state index contributed by atoms with van der Waals surface area (Å²) >= 11 is 1.62. The van der Waals surface area contributed by atoms with Crippen LogP contribution >= 0.6 is 11.3 Å². The van der Waals surface area contributed by atoms with E-state index in [0.29, 0.717) is 0 Å². The molecule has 0 spiro atoms. The van der Waals surface area contributed by atoms with Crippen molar-refractivity contribution in [1.82, 2.24) is 5.32 Å². The minimum Gasteiger partial charge on any atom is -0.385 e. The topological polar surface area (TPSA) is 32.3 Å². The van der Waals surface area contributed by atoms with E-state index in [0.717, 1.165) is 18.5 Å². The molecule has 3 heteroatoms. The van der Waals surface area contributed by atoms with Crippen molar-refractivity contribution in [3.05, 3.63) is 22.4 Å². The molecule has 1 aromatic rings. The highest BCUT2D eigenvalue weighted by Crippen LogP contribution is 2.25. The summed E-state index contributed by atoms with van der Waals surface area (Å²) in [5, 5.41) is 17.0. The first-order valence-electron chi connectivity index (χ1n) is 4.06. The van der Waals surface area contributed by atoms with Crippen LogP contribution < -0.4 is 5.32 Å². The summed E-state index contributed by atoms with van der Waals surface area (Å²) in [7, 11) is 1.89. The molecular formula is C9H15NOS. The molecule has 0 aromatic carbocycles. The van der Waals surface area contributed by atoms with Crippen molar-refractivity contribution >= 4 is 11.3 Å². The van der Waals surface area contributed by atoms with Gasteiger partial charge in [0.2, 0.25) is 0 Å². The van der Waals surface area contributed by atoms with Gasteiger partial charge in [0, 0.05) is 0 Å². The van der Waals surface area contributed by atoms with Crippen LogP contribution in [0.15, 0.2) is 16.8 Å². The van der Waals surface area contributed by atoms with Crippen LogP contribution in [-0.2, 0) is 5.60 Å². The van der Waals surface area contributed by atoms with E-state index < -0.39 is 5.60 Å². The molecular weight excluding hydrogens is 170 g/mol. The van der Waals surface area contributed by atoms with E-state index in [4.69, 9.17) is 0 Å². The van der Waals surface area contributed by atoms with Crippen molar-refractivity contribution in [1.29, 1.82) is 0 Å². The van der Waals surface area contributed by atoms with Gasteiger partial charge in [0.05, 0.1) is 5.60 Å². The molecule has 1 heterocycles. The number of hydrogen-bond donors (Lipinski definition) is 2. The van der Waals surface area contributed by atoms with Crippen LogP contribution in [0.4, 0.5) is 0 Å². The third-order valence-corrected chi connectivity index (χ3v) is 2.69. The zero-order chi connectivity index (χ0) is 9.03. The molecule has 1 atom stereocenters. The van der Waals surface area contributed by atoms with Crippen molar-refractivity contribution in [2.24, 2.45) is 0 Å². The Bertz CT molecular complexity index is 218. The van der Waals surface area contributed by atoms with Gasteiger partial charge in [-0.05, 0) is 49.3 Å². The first kappa shape index (κ1) is 9.71. The fourth-order valence-corrected chi connectivity index (χ4v) is 1.87. The van der Waals surface area contributed by atoms with Gasteiger partial charge in [-0.1, -0.05) is 0 Å². The molecule has 1 rings (SSSR count). The highest BCUT2D eigenvalue weighted by molar-refractivity contribution is 7.08. The monoisotopic (exact) mass is 185 g/mol. The number of nitrogens with one attached hydrogen (secondary N) is 1. The maximum atomic E-state index is 9.97. The molecule has 1 unspecified atom stereocenters. The van der Waals surface area contributed by atoms with Gasteiger partial charge in [-0.25, -0.2) is 0 Å². The molecule has 12 heavy (non-hydrogen) atoms. The van der Waals surface area contributed by atoms with Crippen molar-refractivity contribution in [2.75, 3.05) is 13.6 Å². The van der Waals surface area contributed by atoms with Crippen molar-refractivity contribution in [3.8, 4) is 0 Å².